The second-order valence-corrected chi connectivity index (χ2v) is 4.87. The predicted octanol–water partition coefficient (Wildman–Crippen LogP) is -0.319. The molecule has 8 heteroatoms. The molecule has 0 aliphatic rings. The molecule has 0 fully saturated rings. The molecule has 0 aliphatic carbocycles. The van der Waals surface area contributed by atoms with E-state index in [2.05, 4.69) is 0 Å². The van der Waals surface area contributed by atoms with Crippen LogP contribution in [0.4, 0.5) is 0 Å². The lowest BCUT2D eigenvalue weighted by Crippen LogP contribution is -2.54. The molecule has 0 saturated heterocycles. The van der Waals surface area contributed by atoms with Gasteiger partial charge in [-0.05, 0) is 12.8 Å². The van der Waals surface area contributed by atoms with Crippen molar-refractivity contribution in [3.63, 3.8) is 0 Å². The molecular formula is C12H18O8. The molecule has 0 heterocycles. The normalized spacial score (nSPS) is 15.2. The van der Waals surface area contributed by atoms with Crippen molar-refractivity contribution in [1.82, 2.24) is 0 Å². The molecule has 114 valence electrons. The highest BCUT2D eigenvalue weighted by Gasteiger charge is 2.53. The van der Waals surface area contributed by atoms with E-state index < -0.39 is 41.6 Å². The fraction of sp³-hybridized carbons (Fsp3) is 0.667. The maximum absolute atomic E-state index is 11.8. The lowest BCUT2D eigenvalue weighted by Gasteiger charge is -2.28. The van der Waals surface area contributed by atoms with Crippen LogP contribution in [0.15, 0.2) is 0 Å². The number of carboxylic acids is 2. The molecule has 8 nitrogen and oxygen atoms in total. The van der Waals surface area contributed by atoms with E-state index in [-0.39, 0.29) is 12.5 Å². The topological polar surface area (TPSA) is 138 Å². The average Bonchev–Trinajstić information content (AvgIpc) is 2.24. The van der Waals surface area contributed by atoms with E-state index in [0.29, 0.717) is 0 Å². The molecule has 0 spiro atoms. The second kappa shape index (κ2) is 6.99. The Morgan fingerprint density at radius 2 is 1.65 bits per heavy atom. The summed E-state index contributed by atoms with van der Waals surface area (Å²) in [6, 6.07) is 0. The quantitative estimate of drug-likeness (QED) is 0.408. The van der Waals surface area contributed by atoms with Gasteiger partial charge in [-0.3, -0.25) is 14.4 Å². The summed E-state index contributed by atoms with van der Waals surface area (Å²) >= 11 is 0. The van der Waals surface area contributed by atoms with Crippen LogP contribution in [-0.4, -0.2) is 51.2 Å². The SMILES string of the molecule is CC(=O)C(C(=O)OCC(C)C)C(O)(CC(=O)O)C(=O)O. The number of esters is 1. The molecule has 20 heavy (non-hydrogen) atoms. The van der Waals surface area contributed by atoms with Gasteiger partial charge in [-0.15, -0.1) is 0 Å². The molecule has 0 aliphatic heterocycles. The fourth-order valence-corrected chi connectivity index (χ4v) is 1.56. The minimum Gasteiger partial charge on any atom is -0.481 e. The molecule has 2 unspecified atom stereocenters. The van der Waals surface area contributed by atoms with Crippen molar-refractivity contribution < 1.29 is 39.2 Å². The van der Waals surface area contributed by atoms with Crippen LogP contribution in [0.2, 0.25) is 0 Å². The maximum atomic E-state index is 11.8. The fourth-order valence-electron chi connectivity index (χ4n) is 1.56. The molecule has 0 radical (unpaired) electrons. The first kappa shape index (κ1) is 18.0. The zero-order valence-corrected chi connectivity index (χ0v) is 11.5. The van der Waals surface area contributed by atoms with Gasteiger partial charge in [0.1, 0.15) is 5.78 Å². The van der Waals surface area contributed by atoms with Gasteiger partial charge in [-0.2, -0.15) is 0 Å². The highest BCUT2D eigenvalue weighted by molar-refractivity contribution is 6.05. The largest absolute Gasteiger partial charge is 0.481 e. The van der Waals surface area contributed by atoms with Crippen molar-refractivity contribution in [1.29, 1.82) is 0 Å². The Hall–Kier alpha value is -1.96. The monoisotopic (exact) mass is 290 g/mol. The summed E-state index contributed by atoms with van der Waals surface area (Å²) in [5.41, 5.74) is -3.04. The maximum Gasteiger partial charge on any atom is 0.337 e. The summed E-state index contributed by atoms with van der Waals surface area (Å²) in [6.07, 6.45) is -1.29. The van der Waals surface area contributed by atoms with Crippen molar-refractivity contribution in [3.8, 4) is 0 Å². The van der Waals surface area contributed by atoms with Crippen LogP contribution in [0, 0.1) is 11.8 Å². The lowest BCUT2D eigenvalue weighted by molar-refractivity contribution is -0.183. The first-order valence-corrected chi connectivity index (χ1v) is 5.87. The van der Waals surface area contributed by atoms with Crippen LogP contribution >= 0.6 is 0 Å². The number of carbonyl (C=O) groups excluding carboxylic acids is 2. The third-order valence-electron chi connectivity index (χ3n) is 2.47. The van der Waals surface area contributed by atoms with Crippen molar-refractivity contribution in [2.24, 2.45) is 11.8 Å². The molecule has 0 saturated carbocycles. The van der Waals surface area contributed by atoms with Crippen LogP contribution in [0.3, 0.4) is 0 Å². The Morgan fingerprint density at radius 3 is 1.95 bits per heavy atom. The van der Waals surface area contributed by atoms with Gasteiger partial charge in [0.2, 0.25) is 0 Å². The van der Waals surface area contributed by atoms with E-state index in [9.17, 15) is 24.3 Å². The summed E-state index contributed by atoms with van der Waals surface area (Å²) < 4.78 is 4.73. The summed E-state index contributed by atoms with van der Waals surface area (Å²) in [4.78, 5) is 44.9. The number of aliphatic carboxylic acids is 2. The number of ketones is 1. The number of Topliss-reactive ketones (excluding diaryl/α,β-unsaturated/α-hetero) is 1. The van der Waals surface area contributed by atoms with E-state index in [4.69, 9.17) is 14.9 Å². The number of hydrogen-bond donors (Lipinski definition) is 3. The number of hydrogen-bond acceptors (Lipinski definition) is 6. The average molecular weight is 290 g/mol. The van der Waals surface area contributed by atoms with Crippen LogP contribution in [-0.2, 0) is 23.9 Å². The number of aliphatic hydroxyl groups is 1. The number of carboxylic acid groups (broad SMARTS) is 2. The van der Waals surface area contributed by atoms with Gasteiger partial charge < -0.3 is 20.1 Å². The number of rotatable bonds is 8. The van der Waals surface area contributed by atoms with Crippen molar-refractivity contribution >= 4 is 23.7 Å². The Bertz CT molecular complexity index is 414. The van der Waals surface area contributed by atoms with Gasteiger partial charge in [0.15, 0.2) is 11.5 Å². The smallest absolute Gasteiger partial charge is 0.337 e. The molecule has 0 aromatic carbocycles. The molecule has 0 aromatic rings. The third kappa shape index (κ3) is 4.61. The second-order valence-electron chi connectivity index (χ2n) is 4.87. The summed E-state index contributed by atoms with van der Waals surface area (Å²) in [7, 11) is 0. The van der Waals surface area contributed by atoms with Gasteiger partial charge in [-0.25, -0.2) is 4.79 Å². The zero-order chi connectivity index (χ0) is 16.1. The summed E-state index contributed by atoms with van der Waals surface area (Å²) in [5.74, 6) is -8.01. The van der Waals surface area contributed by atoms with E-state index in [1.165, 1.54) is 0 Å². The molecule has 0 aromatic heterocycles. The molecule has 3 N–H and O–H groups in total. The van der Waals surface area contributed by atoms with E-state index in [0.717, 1.165) is 6.92 Å². The van der Waals surface area contributed by atoms with Crippen LogP contribution in [0.25, 0.3) is 0 Å². The van der Waals surface area contributed by atoms with E-state index in [1.54, 1.807) is 13.8 Å². The first-order chi connectivity index (χ1) is 9.02. The molecule has 0 amide bonds. The summed E-state index contributed by atoms with van der Waals surface area (Å²) in [6.45, 7) is 4.25. The zero-order valence-electron chi connectivity index (χ0n) is 11.5. The van der Waals surface area contributed by atoms with Gasteiger partial charge in [0.05, 0.1) is 13.0 Å². The van der Waals surface area contributed by atoms with Crippen molar-refractivity contribution in [2.45, 2.75) is 32.8 Å². The Balaban J connectivity index is 5.40. The van der Waals surface area contributed by atoms with Gasteiger partial charge >= 0.3 is 17.9 Å². The van der Waals surface area contributed by atoms with Crippen LogP contribution in [0.5, 0.6) is 0 Å². The predicted molar refractivity (Wildman–Crippen MR) is 64.8 cm³/mol. The highest BCUT2D eigenvalue weighted by atomic mass is 16.5. The number of carbonyl (C=O) groups is 4. The Labute approximate surface area is 115 Å². The van der Waals surface area contributed by atoms with Gasteiger partial charge in [-0.1, -0.05) is 13.8 Å². The Morgan fingerprint density at radius 1 is 1.15 bits per heavy atom. The number of ether oxygens (including phenoxy) is 1. The minimum absolute atomic E-state index is 0.0658. The lowest BCUT2D eigenvalue weighted by atomic mass is 9.82. The third-order valence-corrected chi connectivity index (χ3v) is 2.47. The Kier molecular flexibility index (Phi) is 6.31. The molecular weight excluding hydrogens is 272 g/mol. The molecule has 0 bridgehead atoms. The van der Waals surface area contributed by atoms with Crippen molar-refractivity contribution in [2.75, 3.05) is 6.61 Å². The van der Waals surface area contributed by atoms with Crippen LogP contribution in [0.1, 0.15) is 27.2 Å². The van der Waals surface area contributed by atoms with Crippen molar-refractivity contribution in [3.05, 3.63) is 0 Å². The van der Waals surface area contributed by atoms with E-state index in [1.807, 2.05) is 0 Å². The van der Waals surface area contributed by atoms with E-state index >= 15 is 0 Å². The standard InChI is InChI=1S/C12H18O8/c1-6(2)5-20-10(16)9(7(3)13)12(19,11(17)18)4-8(14)15/h6,9,19H,4-5H2,1-3H3,(H,14,15)(H,17,18). The van der Waals surface area contributed by atoms with Gasteiger partial charge in [0, 0.05) is 0 Å². The first-order valence-electron chi connectivity index (χ1n) is 5.87. The van der Waals surface area contributed by atoms with Crippen LogP contribution < -0.4 is 0 Å². The van der Waals surface area contributed by atoms with Gasteiger partial charge in [0.25, 0.3) is 0 Å². The molecule has 2 atom stereocenters. The molecule has 0 rings (SSSR count). The minimum atomic E-state index is -3.04. The summed E-state index contributed by atoms with van der Waals surface area (Å²) in [5, 5.41) is 27.5. The highest BCUT2D eigenvalue weighted by Crippen LogP contribution is 2.25.